The molecule has 8 nitrogen and oxygen atoms in total. The first-order valence-corrected chi connectivity index (χ1v) is 56.0. The van der Waals surface area contributed by atoms with Crippen LogP contribution in [0.1, 0.15) is 538 Å². The van der Waals surface area contributed by atoms with Crippen LogP contribution in [0.4, 0.5) is 0 Å². The predicted molar refractivity (Wildman–Crippen MR) is 601 cm³/mol. The fourth-order valence-corrected chi connectivity index (χ4v) is 15.4. The standard InChI is InChI=1S/C43H77NO2.C37H66O.C37H64O.C6H13NO2.CH4.B.Na.H/c1-5-7-9-11-13-15-17-19-21-23-25-27-29-31-33-35-38-42(46-43(45)40-37-41-44(3)4)39-36-34-32-30-28-26-24-22-20-18-16-14-12-10-8-6-2;2*1-3-5-7-9-11-13-15-17-19-21-23-25-27-29-31-33-35-37(38)36-34-32-30-28-26-24-22-20-18-16-14-12-10-8-6-4-2;1-7(2)5-3-4-6(8)9;;;;/h7,9,13-16,19-22,42H,5-6,8,10-12,17-18,23-41H2,1-4H3;5,7,11-14,17-20,37-38H,3-4,6,8-10,15-16,21-36H2,1-2H3;5,7,11-14,17-20H,3-4,6,8-10,15-16,21-36H2,1-2H3;3-5H2,1-2H3,(H,8,9);1H4;;;/q;;;;;;+1;-1/b9-7-,15-13-,16-14-,21-19-,22-20-;2*7-5-,13-11-,14-12-,19-17-,20-18-;;;;;. The van der Waals surface area contributed by atoms with Crippen LogP contribution >= 0.6 is 0 Å². The van der Waals surface area contributed by atoms with Gasteiger partial charge < -0.3 is 26.2 Å². The molecular formula is C124H225BN2NaO6. The van der Waals surface area contributed by atoms with Crippen LogP contribution in [-0.2, 0) is 19.1 Å². The Balaban J connectivity index is -0.000000282. The van der Waals surface area contributed by atoms with E-state index in [-0.39, 0.29) is 71.4 Å². The van der Waals surface area contributed by atoms with Crippen molar-refractivity contribution < 1.29 is 60.3 Å². The number of ether oxygens (including phenoxy) is 1. The normalized spacial score (nSPS) is 12.5. The molecular weight excluding hydrogens is 1650 g/mol. The number of nitrogens with zero attached hydrogens (tertiary/aromatic N) is 2. The number of Topliss-reactive ketones (excluding diaryl/α,β-unsaturated/α-hetero) is 1. The van der Waals surface area contributed by atoms with Gasteiger partial charge in [-0.2, -0.15) is 0 Å². The first-order chi connectivity index (χ1) is 64.3. The van der Waals surface area contributed by atoms with Crippen molar-refractivity contribution >= 4 is 26.1 Å². The molecule has 0 saturated heterocycles. The molecule has 0 spiro atoms. The summed E-state index contributed by atoms with van der Waals surface area (Å²) in [6.45, 7) is 15.1. The van der Waals surface area contributed by atoms with E-state index < -0.39 is 5.97 Å². The van der Waals surface area contributed by atoms with E-state index in [1.165, 1.54) is 334 Å². The molecule has 0 aliphatic rings. The van der Waals surface area contributed by atoms with E-state index in [9.17, 15) is 19.5 Å². The van der Waals surface area contributed by atoms with Gasteiger partial charge in [-0.15, -0.1) is 0 Å². The summed E-state index contributed by atoms with van der Waals surface area (Å²) in [4.78, 5) is 38.7. The Kier molecular flexibility index (Phi) is 141. The SMILES string of the molecule is C.CC/C=C\C/C=C\C/C=C\CCCCCCCCC(=O)CCCCCCCC/C=C\C/C=C\CCCCC.CC/C=C\C/C=C\C/C=C\CCCCCCCCC(CCCCCCCC/C=C\C/C=C\CCCCC)OC(=O)CCCN(C)C.CC/C=C\C/C=C\C/C=C\CCCCCCCCC(O)CCCCCCCC/C=C\C/C=C\CCCCC.CN(C)CCCC(=O)O.[B].[H-].[Na+]. The summed E-state index contributed by atoms with van der Waals surface area (Å²) in [7, 11) is 7.98. The smallest absolute Gasteiger partial charge is 1.00 e. The van der Waals surface area contributed by atoms with E-state index in [0.717, 1.165) is 154 Å². The van der Waals surface area contributed by atoms with Gasteiger partial charge >= 0.3 is 41.5 Å². The van der Waals surface area contributed by atoms with Gasteiger partial charge in [-0.25, -0.2) is 0 Å². The molecule has 0 aromatic rings. The zero-order valence-electron chi connectivity index (χ0n) is 91.1. The van der Waals surface area contributed by atoms with Gasteiger partial charge in [0.25, 0.3) is 0 Å². The van der Waals surface area contributed by atoms with Crippen molar-refractivity contribution in [2.75, 3.05) is 41.3 Å². The van der Waals surface area contributed by atoms with Crippen molar-refractivity contribution in [3.63, 3.8) is 0 Å². The first kappa shape index (κ1) is 143. The van der Waals surface area contributed by atoms with Gasteiger partial charge in [-0.05, 0) is 298 Å². The molecule has 2 N–H and O–H groups in total. The Morgan fingerprint density at radius 1 is 0.254 bits per heavy atom. The summed E-state index contributed by atoms with van der Waals surface area (Å²) in [6, 6.07) is 0. The first-order valence-electron chi connectivity index (χ1n) is 56.0. The molecule has 0 bridgehead atoms. The zero-order chi connectivity index (χ0) is 96.1. The van der Waals surface area contributed by atoms with E-state index in [4.69, 9.17) is 9.84 Å². The molecule has 0 aliphatic heterocycles. The molecule has 0 aromatic carbocycles. The maximum absolute atomic E-state index is 12.5. The summed E-state index contributed by atoms with van der Waals surface area (Å²) in [6.07, 6.45) is 159. The molecule has 134 heavy (non-hydrogen) atoms. The number of allylic oxidation sites excluding steroid dienone is 30. The second-order valence-corrected chi connectivity index (χ2v) is 37.5. The predicted octanol–water partition coefficient (Wildman–Crippen LogP) is 36.5. The van der Waals surface area contributed by atoms with Crippen molar-refractivity contribution in [1.82, 2.24) is 9.80 Å². The topological polar surface area (TPSA) is 107 Å². The minimum atomic E-state index is -0.711. The number of aliphatic hydroxyl groups excluding tert-OH is 1. The number of rotatable bonds is 96. The van der Waals surface area contributed by atoms with E-state index >= 15 is 0 Å². The zero-order valence-corrected chi connectivity index (χ0v) is 92.1. The largest absolute Gasteiger partial charge is 1.00 e. The van der Waals surface area contributed by atoms with Crippen molar-refractivity contribution in [2.45, 2.75) is 549 Å². The van der Waals surface area contributed by atoms with E-state index in [2.05, 4.69) is 243 Å². The number of esters is 1. The number of unbranched alkanes of at least 4 members (excludes halogenated alkanes) is 45. The Morgan fingerprint density at radius 3 is 0.672 bits per heavy atom. The van der Waals surface area contributed by atoms with Crippen LogP contribution in [0.25, 0.3) is 0 Å². The van der Waals surface area contributed by atoms with Crippen LogP contribution in [0, 0.1) is 0 Å². The molecule has 2 unspecified atom stereocenters. The summed E-state index contributed by atoms with van der Waals surface area (Å²) in [5.74, 6) is -0.212. The van der Waals surface area contributed by atoms with Crippen LogP contribution < -0.4 is 29.6 Å². The third kappa shape index (κ3) is 143. The van der Waals surface area contributed by atoms with Gasteiger partial charge in [0, 0.05) is 34.1 Å². The summed E-state index contributed by atoms with van der Waals surface area (Å²) in [5.41, 5.74) is 0. The fraction of sp³-hybridized carbons (Fsp3) is 0.734. The van der Waals surface area contributed by atoms with Gasteiger partial charge in [0.2, 0.25) is 0 Å². The van der Waals surface area contributed by atoms with Crippen molar-refractivity contribution in [2.24, 2.45) is 0 Å². The van der Waals surface area contributed by atoms with Crippen LogP contribution in [-0.4, -0.2) is 99.6 Å². The summed E-state index contributed by atoms with van der Waals surface area (Å²) in [5, 5.41) is 18.5. The molecule has 0 aromatic heterocycles. The molecule has 0 heterocycles. The maximum Gasteiger partial charge on any atom is 1.00 e. The number of aliphatic carboxylic acids is 1. The molecule has 0 fully saturated rings. The molecule has 10 heteroatoms. The number of ketones is 1. The van der Waals surface area contributed by atoms with Gasteiger partial charge in [-0.3, -0.25) is 14.4 Å². The molecule has 771 valence electrons. The Labute approximate surface area is 862 Å². The molecule has 0 rings (SSSR count). The van der Waals surface area contributed by atoms with Crippen molar-refractivity contribution in [3.05, 3.63) is 182 Å². The molecule has 0 saturated carbocycles. The van der Waals surface area contributed by atoms with E-state index in [0.29, 0.717) is 12.2 Å². The van der Waals surface area contributed by atoms with Crippen LogP contribution in [0.3, 0.4) is 0 Å². The van der Waals surface area contributed by atoms with Gasteiger partial charge in [0.1, 0.15) is 11.9 Å². The third-order valence-electron chi connectivity index (χ3n) is 23.6. The van der Waals surface area contributed by atoms with E-state index in [1.807, 2.05) is 19.0 Å². The minimum Gasteiger partial charge on any atom is -1.00 e. The molecule has 0 aliphatic carbocycles. The number of carbonyl (C=O) groups is 3. The molecule has 0 amide bonds. The van der Waals surface area contributed by atoms with Gasteiger partial charge in [0.05, 0.1) is 6.10 Å². The average Bonchev–Trinajstić information content (AvgIpc) is 0.953. The summed E-state index contributed by atoms with van der Waals surface area (Å²) >= 11 is 0. The Hall–Kier alpha value is -4.35. The van der Waals surface area contributed by atoms with Crippen LogP contribution in [0.2, 0.25) is 0 Å². The van der Waals surface area contributed by atoms with Gasteiger partial charge in [-0.1, -0.05) is 437 Å². The number of hydrogen-bond donors (Lipinski definition) is 2. The molecule has 3 radical (unpaired) electrons. The third-order valence-corrected chi connectivity index (χ3v) is 23.6. The van der Waals surface area contributed by atoms with Crippen LogP contribution in [0.15, 0.2) is 182 Å². The fourth-order valence-electron chi connectivity index (χ4n) is 15.4. The molecule has 2 atom stereocenters. The Bertz CT molecular complexity index is 2770. The Morgan fingerprint density at radius 2 is 0.448 bits per heavy atom. The second-order valence-electron chi connectivity index (χ2n) is 37.5. The van der Waals surface area contributed by atoms with Crippen LogP contribution in [0.5, 0.6) is 0 Å². The van der Waals surface area contributed by atoms with E-state index in [1.54, 1.807) is 0 Å². The van der Waals surface area contributed by atoms with Crippen molar-refractivity contribution in [3.8, 4) is 0 Å². The number of aliphatic hydroxyl groups is 1. The number of hydrogen-bond acceptors (Lipinski definition) is 7. The summed E-state index contributed by atoms with van der Waals surface area (Å²) < 4.78 is 6.00. The maximum atomic E-state index is 12.5. The number of carboxylic acid groups (broad SMARTS) is 1. The minimum absolute atomic E-state index is 0. The van der Waals surface area contributed by atoms with Crippen molar-refractivity contribution in [1.29, 1.82) is 0 Å². The van der Waals surface area contributed by atoms with Gasteiger partial charge in [0.15, 0.2) is 0 Å². The second kappa shape index (κ2) is 133. The monoisotopic (exact) mass is 1870 g/mol. The number of carbonyl (C=O) groups excluding carboxylic acids is 2. The quantitative estimate of drug-likeness (QED) is 0.0268. The average molecular weight is 1870 g/mol. The number of carboxylic acids is 1.